The molecule has 0 aromatic heterocycles. The smallest absolute Gasteiger partial charge is 0.467 e. The molecule has 13 heavy (non-hydrogen) atoms. The number of amides is 1. The van der Waals surface area contributed by atoms with E-state index in [9.17, 15) is 22.8 Å². The van der Waals surface area contributed by atoms with Crippen LogP contribution < -0.4 is 5.32 Å². The zero-order valence-electron chi connectivity index (χ0n) is 6.94. The molecule has 0 aliphatic rings. The summed E-state index contributed by atoms with van der Waals surface area (Å²) in [6, 6.07) is -1.31. The van der Waals surface area contributed by atoms with Crippen LogP contribution in [0.5, 0.6) is 0 Å². The summed E-state index contributed by atoms with van der Waals surface area (Å²) in [6.07, 6.45) is -4.98. The molecule has 1 amide bonds. The van der Waals surface area contributed by atoms with Crippen molar-refractivity contribution in [3.05, 3.63) is 0 Å². The molecule has 0 saturated heterocycles. The Morgan fingerprint density at radius 3 is 2.15 bits per heavy atom. The van der Waals surface area contributed by atoms with E-state index in [2.05, 4.69) is 4.74 Å². The molecule has 0 fully saturated rings. The summed E-state index contributed by atoms with van der Waals surface area (Å²) in [5.74, 6) is -3.09. The summed E-state index contributed by atoms with van der Waals surface area (Å²) in [6.45, 7) is 1.09. The first kappa shape index (κ1) is 11.7. The van der Waals surface area contributed by atoms with Crippen molar-refractivity contribution in [2.75, 3.05) is 7.11 Å². The van der Waals surface area contributed by atoms with Gasteiger partial charge in [-0.05, 0) is 6.92 Å². The first-order valence-corrected chi connectivity index (χ1v) is 3.24. The maximum absolute atomic E-state index is 11.6. The van der Waals surface area contributed by atoms with E-state index in [0.29, 0.717) is 0 Å². The van der Waals surface area contributed by atoms with E-state index in [-0.39, 0.29) is 0 Å². The lowest BCUT2D eigenvalue weighted by Crippen LogP contribution is -2.45. The molecule has 0 spiro atoms. The van der Waals surface area contributed by atoms with E-state index < -0.39 is 24.1 Å². The zero-order chi connectivity index (χ0) is 10.6. The lowest BCUT2D eigenvalue weighted by atomic mass is 10.3. The number of ether oxygens (including phenoxy) is 1. The van der Waals surface area contributed by atoms with Crippen molar-refractivity contribution in [3.63, 3.8) is 0 Å². The van der Waals surface area contributed by atoms with E-state index in [4.69, 9.17) is 0 Å². The van der Waals surface area contributed by atoms with Crippen molar-refractivity contribution in [2.45, 2.75) is 19.1 Å². The van der Waals surface area contributed by atoms with Gasteiger partial charge in [0.05, 0.1) is 7.11 Å². The highest BCUT2D eigenvalue weighted by atomic mass is 19.4. The number of hydrogen-bond donors (Lipinski definition) is 1. The number of halogens is 3. The maximum Gasteiger partial charge on any atom is 0.471 e. The molecule has 76 valence electrons. The van der Waals surface area contributed by atoms with E-state index in [1.165, 1.54) is 5.32 Å². The molecule has 0 unspecified atom stereocenters. The third kappa shape index (κ3) is 3.77. The largest absolute Gasteiger partial charge is 0.471 e. The highest BCUT2D eigenvalue weighted by molar-refractivity contribution is 5.87. The SMILES string of the molecule is COC(=O)[C@H](C)NC(=O)C(F)(F)F. The quantitative estimate of drug-likeness (QED) is 0.647. The van der Waals surface area contributed by atoms with Gasteiger partial charge in [-0.15, -0.1) is 0 Å². The van der Waals surface area contributed by atoms with Gasteiger partial charge in [-0.3, -0.25) is 4.79 Å². The molecule has 0 bridgehead atoms. The van der Waals surface area contributed by atoms with E-state index in [1.54, 1.807) is 0 Å². The third-order valence-corrected chi connectivity index (χ3v) is 1.16. The fraction of sp³-hybridized carbons (Fsp3) is 0.667. The summed E-state index contributed by atoms with van der Waals surface area (Å²) >= 11 is 0. The van der Waals surface area contributed by atoms with Crippen LogP contribution in [-0.4, -0.2) is 31.2 Å². The number of nitrogens with one attached hydrogen (secondary N) is 1. The van der Waals surface area contributed by atoms with Gasteiger partial charge in [-0.25, -0.2) is 4.79 Å². The number of hydrogen-bond acceptors (Lipinski definition) is 3. The van der Waals surface area contributed by atoms with Crippen LogP contribution in [0.25, 0.3) is 0 Å². The summed E-state index contributed by atoms with van der Waals surface area (Å²) in [5.41, 5.74) is 0. The number of esters is 1. The van der Waals surface area contributed by atoms with Crippen molar-refractivity contribution in [1.82, 2.24) is 5.32 Å². The van der Waals surface area contributed by atoms with Gasteiger partial charge in [0.1, 0.15) is 6.04 Å². The van der Waals surface area contributed by atoms with Crippen molar-refractivity contribution in [3.8, 4) is 0 Å². The van der Waals surface area contributed by atoms with Gasteiger partial charge in [-0.2, -0.15) is 13.2 Å². The highest BCUT2D eigenvalue weighted by Crippen LogP contribution is 2.14. The van der Waals surface area contributed by atoms with Crippen LogP contribution >= 0.6 is 0 Å². The Kier molecular flexibility index (Phi) is 3.70. The standard InChI is InChI=1S/C6H8F3NO3/c1-3(4(11)13-2)10-5(12)6(7,8)9/h3H,1-2H3,(H,10,12)/t3-/m0/s1. The predicted molar refractivity (Wildman–Crippen MR) is 35.7 cm³/mol. The van der Waals surface area contributed by atoms with Crippen LogP contribution in [0.15, 0.2) is 0 Å². The summed E-state index contributed by atoms with van der Waals surface area (Å²) in [7, 11) is 1.01. The molecule has 1 atom stereocenters. The Morgan fingerprint density at radius 1 is 1.38 bits per heavy atom. The molecule has 0 rings (SSSR count). The highest BCUT2D eigenvalue weighted by Gasteiger charge is 2.40. The van der Waals surface area contributed by atoms with Gasteiger partial charge in [0.25, 0.3) is 0 Å². The second kappa shape index (κ2) is 4.11. The van der Waals surface area contributed by atoms with Gasteiger partial charge in [0, 0.05) is 0 Å². The molecular weight excluding hydrogens is 191 g/mol. The van der Waals surface area contributed by atoms with Gasteiger partial charge >= 0.3 is 18.1 Å². The topological polar surface area (TPSA) is 55.4 Å². The molecule has 0 heterocycles. The minimum absolute atomic E-state index is 0.933. The predicted octanol–water partition coefficient (Wildman–Crippen LogP) is 0.226. The summed E-state index contributed by atoms with van der Waals surface area (Å²) in [5, 5.41) is 1.43. The number of methoxy groups -OCH3 is 1. The van der Waals surface area contributed by atoms with Crippen molar-refractivity contribution in [2.24, 2.45) is 0 Å². The first-order valence-electron chi connectivity index (χ1n) is 3.24. The van der Waals surface area contributed by atoms with Crippen molar-refractivity contribution < 1.29 is 27.5 Å². The maximum atomic E-state index is 11.6. The molecule has 0 radical (unpaired) electrons. The van der Waals surface area contributed by atoms with Crippen LogP contribution in [0.2, 0.25) is 0 Å². The third-order valence-electron chi connectivity index (χ3n) is 1.16. The first-order chi connectivity index (χ1) is 5.79. The molecule has 0 aliphatic carbocycles. The number of rotatable bonds is 2. The van der Waals surface area contributed by atoms with Gasteiger partial charge < -0.3 is 10.1 Å². The van der Waals surface area contributed by atoms with Gasteiger partial charge in [-0.1, -0.05) is 0 Å². The Hall–Kier alpha value is -1.27. The van der Waals surface area contributed by atoms with Crippen LogP contribution in [0.3, 0.4) is 0 Å². The molecule has 0 aromatic carbocycles. The Labute approximate surface area is 72.0 Å². The second-order valence-electron chi connectivity index (χ2n) is 2.22. The van der Waals surface area contributed by atoms with E-state index in [1.807, 2.05) is 0 Å². The van der Waals surface area contributed by atoms with Crippen LogP contribution in [0, 0.1) is 0 Å². The van der Waals surface area contributed by atoms with Crippen LogP contribution in [-0.2, 0) is 14.3 Å². The lowest BCUT2D eigenvalue weighted by Gasteiger charge is -2.12. The number of alkyl halides is 3. The molecular formula is C6H8F3NO3. The second-order valence-corrected chi connectivity index (χ2v) is 2.22. The Balaban J connectivity index is 4.15. The molecule has 1 N–H and O–H groups in total. The van der Waals surface area contributed by atoms with Crippen LogP contribution in [0.1, 0.15) is 6.92 Å². The average molecular weight is 199 g/mol. The molecule has 0 saturated carbocycles. The minimum atomic E-state index is -4.98. The fourth-order valence-corrected chi connectivity index (χ4v) is 0.514. The molecule has 4 nitrogen and oxygen atoms in total. The minimum Gasteiger partial charge on any atom is -0.467 e. The Bertz CT molecular complexity index is 214. The van der Waals surface area contributed by atoms with Crippen molar-refractivity contribution in [1.29, 1.82) is 0 Å². The zero-order valence-corrected chi connectivity index (χ0v) is 6.94. The molecule has 7 heteroatoms. The van der Waals surface area contributed by atoms with E-state index >= 15 is 0 Å². The number of carbonyl (C=O) groups is 2. The average Bonchev–Trinajstić information content (AvgIpc) is 2.01. The monoisotopic (exact) mass is 199 g/mol. The van der Waals surface area contributed by atoms with Crippen LogP contribution in [0.4, 0.5) is 13.2 Å². The summed E-state index contributed by atoms with van der Waals surface area (Å²) in [4.78, 5) is 20.8. The summed E-state index contributed by atoms with van der Waals surface area (Å²) < 4.78 is 38.9. The van der Waals surface area contributed by atoms with Crippen molar-refractivity contribution >= 4 is 11.9 Å². The Morgan fingerprint density at radius 2 is 1.85 bits per heavy atom. The number of carbonyl (C=O) groups excluding carboxylic acids is 2. The molecule has 0 aromatic rings. The van der Waals surface area contributed by atoms with E-state index in [0.717, 1.165) is 14.0 Å². The van der Waals surface area contributed by atoms with Gasteiger partial charge in [0.2, 0.25) is 0 Å². The molecule has 0 aliphatic heterocycles. The fourth-order valence-electron chi connectivity index (χ4n) is 0.514. The lowest BCUT2D eigenvalue weighted by molar-refractivity contribution is -0.175. The normalized spacial score (nSPS) is 13.3. The van der Waals surface area contributed by atoms with Gasteiger partial charge in [0.15, 0.2) is 0 Å².